The highest BCUT2D eigenvalue weighted by Gasteiger charge is 2.38. The number of aromatic nitrogens is 3. The van der Waals surface area contributed by atoms with Gasteiger partial charge in [0.05, 0.1) is 0 Å². The van der Waals surface area contributed by atoms with Crippen molar-refractivity contribution in [3.8, 4) is 0 Å². The maximum absolute atomic E-state index is 6.24. The molecule has 0 bridgehead atoms. The Bertz CT molecular complexity index is 411. The molecule has 17 heavy (non-hydrogen) atoms. The van der Waals surface area contributed by atoms with Gasteiger partial charge in [0.1, 0.15) is 5.82 Å². The lowest BCUT2D eigenvalue weighted by molar-refractivity contribution is 0.324. The number of nitrogens with zero attached hydrogens (tertiary/aromatic N) is 3. The summed E-state index contributed by atoms with van der Waals surface area (Å²) in [4.78, 5) is 0. The quantitative estimate of drug-likeness (QED) is 0.820. The van der Waals surface area contributed by atoms with Gasteiger partial charge in [-0.15, -0.1) is 10.2 Å². The van der Waals surface area contributed by atoms with E-state index in [0.717, 1.165) is 11.7 Å². The summed E-state index contributed by atoms with van der Waals surface area (Å²) in [7, 11) is 0. The summed E-state index contributed by atoms with van der Waals surface area (Å²) >= 11 is 6.24. The second-order valence-corrected chi connectivity index (χ2v) is 5.98. The molecule has 0 radical (unpaired) electrons. The first kappa shape index (κ1) is 11.5. The van der Waals surface area contributed by atoms with Gasteiger partial charge in [-0.1, -0.05) is 20.3 Å². The van der Waals surface area contributed by atoms with E-state index in [-0.39, 0.29) is 0 Å². The van der Waals surface area contributed by atoms with E-state index in [9.17, 15) is 0 Å². The van der Waals surface area contributed by atoms with E-state index < -0.39 is 0 Å². The molecule has 1 heterocycles. The van der Waals surface area contributed by atoms with E-state index in [0.29, 0.717) is 23.2 Å². The maximum Gasteiger partial charge on any atom is 0.225 e. The van der Waals surface area contributed by atoms with E-state index in [1.807, 2.05) is 0 Å². The third-order valence-electron chi connectivity index (χ3n) is 4.66. The summed E-state index contributed by atoms with van der Waals surface area (Å²) in [5.41, 5.74) is 0. The second kappa shape index (κ2) is 4.27. The van der Waals surface area contributed by atoms with E-state index in [2.05, 4.69) is 28.6 Å². The van der Waals surface area contributed by atoms with E-state index in [1.165, 1.54) is 32.1 Å². The molecule has 94 valence electrons. The minimum absolute atomic E-state index is 0.526. The Hall–Kier alpha value is -0.570. The standard InChI is InChI=1S/C13H20ClN3/c1-3-9-6-7-11(8(9)2)17-12(10-4-5-10)15-16-13(17)14/h8-11H,3-7H2,1-2H3. The molecule has 3 rings (SSSR count). The van der Waals surface area contributed by atoms with Gasteiger partial charge in [0.15, 0.2) is 0 Å². The highest BCUT2D eigenvalue weighted by atomic mass is 35.5. The lowest BCUT2D eigenvalue weighted by atomic mass is 9.93. The summed E-state index contributed by atoms with van der Waals surface area (Å²) in [5.74, 6) is 3.31. The van der Waals surface area contributed by atoms with Gasteiger partial charge < -0.3 is 0 Å². The van der Waals surface area contributed by atoms with Crippen LogP contribution in [-0.2, 0) is 0 Å². The molecule has 4 heteroatoms. The molecule has 1 aromatic rings. The van der Waals surface area contributed by atoms with Crippen LogP contribution >= 0.6 is 11.6 Å². The van der Waals surface area contributed by atoms with Crippen molar-refractivity contribution in [2.45, 2.75) is 57.9 Å². The van der Waals surface area contributed by atoms with Crippen molar-refractivity contribution in [1.82, 2.24) is 14.8 Å². The van der Waals surface area contributed by atoms with E-state index >= 15 is 0 Å². The maximum atomic E-state index is 6.24. The molecule has 2 fully saturated rings. The van der Waals surface area contributed by atoms with Gasteiger partial charge in [0.2, 0.25) is 5.28 Å². The Balaban J connectivity index is 1.91. The Morgan fingerprint density at radius 2 is 2.00 bits per heavy atom. The number of hydrogen-bond donors (Lipinski definition) is 0. The highest BCUT2D eigenvalue weighted by Crippen LogP contribution is 2.47. The molecular weight excluding hydrogens is 234 g/mol. The summed E-state index contributed by atoms with van der Waals surface area (Å²) in [6.07, 6.45) is 6.34. The normalized spacial score (nSPS) is 33.2. The van der Waals surface area contributed by atoms with Gasteiger partial charge >= 0.3 is 0 Å². The number of halogens is 1. The molecule has 1 aromatic heterocycles. The molecular formula is C13H20ClN3. The molecule has 2 aliphatic rings. The van der Waals surface area contributed by atoms with Gasteiger partial charge in [-0.2, -0.15) is 0 Å². The van der Waals surface area contributed by atoms with Crippen LogP contribution in [0.1, 0.15) is 63.7 Å². The summed E-state index contributed by atoms with van der Waals surface area (Å²) < 4.78 is 2.24. The Morgan fingerprint density at radius 3 is 2.59 bits per heavy atom. The van der Waals surface area contributed by atoms with Crippen LogP contribution in [-0.4, -0.2) is 14.8 Å². The van der Waals surface area contributed by atoms with Crippen molar-refractivity contribution in [3.05, 3.63) is 11.1 Å². The third-order valence-corrected chi connectivity index (χ3v) is 4.92. The molecule has 0 aliphatic heterocycles. The van der Waals surface area contributed by atoms with Gasteiger partial charge in [-0.05, 0) is 49.1 Å². The zero-order valence-corrected chi connectivity index (χ0v) is 11.3. The Labute approximate surface area is 108 Å². The predicted molar refractivity (Wildman–Crippen MR) is 68.2 cm³/mol. The van der Waals surface area contributed by atoms with Crippen LogP contribution in [0, 0.1) is 11.8 Å². The van der Waals surface area contributed by atoms with Crippen LogP contribution in [0.4, 0.5) is 0 Å². The average Bonchev–Trinajstić information content (AvgIpc) is 3.01. The summed E-state index contributed by atoms with van der Waals surface area (Å²) in [5, 5.41) is 8.97. The largest absolute Gasteiger partial charge is 0.298 e. The molecule has 3 atom stereocenters. The van der Waals surface area contributed by atoms with Crippen LogP contribution in [0.5, 0.6) is 0 Å². The first-order chi connectivity index (χ1) is 8.22. The topological polar surface area (TPSA) is 30.7 Å². The van der Waals surface area contributed by atoms with Crippen LogP contribution in [0.25, 0.3) is 0 Å². The fourth-order valence-electron chi connectivity index (χ4n) is 3.37. The molecule has 3 nitrogen and oxygen atoms in total. The molecule has 2 saturated carbocycles. The SMILES string of the molecule is CCC1CCC(n2c(Cl)nnc2C2CC2)C1C. The monoisotopic (exact) mass is 253 g/mol. The first-order valence-electron chi connectivity index (χ1n) is 6.82. The van der Waals surface area contributed by atoms with Gasteiger partial charge in [-0.25, -0.2) is 0 Å². The minimum Gasteiger partial charge on any atom is -0.298 e. The van der Waals surface area contributed by atoms with Gasteiger partial charge in [-0.3, -0.25) is 4.57 Å². The zero-order chi connectivity index (χ0) is 12.0. The lowest BCUT2D eigenvalue weighted by Crippen LogP contribution is -2.17. The molecule has 0 saturated heterocycles. The van der Waals surface area contributed by atoms with Crippen LogP contribution in [0.3, 0.4) is 0 Å². The van der Waals surface area contributed by atoms with Crippen LogP contribution in [0.2, 0.25) is 5.28 Å². The number of hydrogen-bond acceptors (Lipinski definition) is 2. The van der Waals surface area contributed by atoms with Crippen molar-refractivity contribution in [2.24, 2.45) is 11.8 Å². The Kier molecular flexibility index (Phi) is 2.89. The summed E-state index contributed by atoms with van der Waals surface area (Å²) in [6, 6.07) is 0.526. The van der Waals surface area contributed by atoms with Gasteiger partial charge in [0.25, 0.3) is 0 Å². The molecule has 2 aliphatic carbocycles. The average molecular weight is 254 g/mol. The van der Waals surface area contributed by atoms with Crippen molar-refractivity contribution in [2.75, 3.05) is 0 Å². The predicted octanol–water partition coefficient (Wildman–Crippen LogP) is 3.81. The third kappa shape index (κ3) is 1.88. The van der Waals surface area contributed by atoms with Crippen LogP contribution in [0.15, 0.2) is 0 Å². The Morgan fingerprint density at radius 1 is 1.24 bits per heavy atom. The van der Waals surface area contributed by atoms with E-state index in [1.54, 1.807) is 0 Å². The highest BCUT2D eigenvalue weighted by molar-refractivity contribution is 6.28. The molecule has 3 unspecified atom stereocenters. The van der Waals surface area contributed by atoms with Crippen molar-refractivity contribution < 1.29 is 0 Å². The van der Waals surface area contributed by atoms with E-state index in [4.69, 9.17) is 11.6 Å². The van der Waals surface area contributed by atoms with Crippen molar-refractivity contribution in [1.29, 1.82) is 0 Å². The number of rotatable bonds is 3. The summed E-state index contributed by atoms with van der Waals surface area (Å²) in [6.45, 7) is 4.65. The minimum atomic E-state index is 0.526. The van der Waals surface area contributed by atoms with Gasteiger partial charge in [0, 0.05) is 12.0 Å². The molecule has 0 N–H and O–H groups in total. The van der Waals surface area contributed by atoms with Crippen molar-refractivity contribution in [3.63, 3.8) is 0 Å². The zero-order valence-electron chi connectivity index (χ0n) is 10.6. The molecule has 0 aromatic carbocycles. The second-order valence-electron chi connectivity index (χ2n) is 5.64. The molecule has 0 amide bonds. The first-order valence-corrected chi connectivity index (χ1v) is 7.20. The molecule has 0 spiro atoms. The fourth-order valence-corrected chi connectivity index (χ4v) is 3.62. The van der Waals surface area contributed by atoms with Crippen LogP contribution < -0.4 is 0 Å². The van der Waals surface area contributed by atoms with Crippen molar-refractivity contribution >= 4 is 11.6 Å². The lowest BCUT2D eigenvalue weighted by Gasteiger charge is -2.22. The smallest absolute Gasteiger partial charge is 0.225 e. The fraction of sp³-hybridized carbons (Fsp3) is 0.846.